The lowest BCUT2D eigenvalue weighted by Gasteiger charge is -2.16. The summed E-state index contributed by atoms with van der Waals surface area (Å²) in [6.07, 6.45) is -1.65. The van der Waals surface area contributed by atoms with Crippen LogP contribution in [0.2, 0.25) is 0 Å². The Morgan fingerprint density at radius 1 is 1.21 bits per heavy atom. The molecule has 28 heavy (non-hydrogen) atoms. The zero-order valence-corrected chi connectivity index (χ0v) is 17.0. The van der Waals surface area contributed by atoms with Crippen molar-refractivity contribution in [3.63, 3.8) is 0 Å². The van der Waals surface area contributed by atoms with Crippen molar-refractivity contribution in [2.24, 2.45) is 4.99 Å². The van der Waals surface area contributed by atoms with Gasteiger partial charge in [0.1, 0.15) is 5.82 Å². The number of hydrogen-bond donors (Lipinski definition) is 3. The van der Waals surface area contributed by atoms with Crippen LogP contribution in [-0.4, -0.2) is 30.4 Å². The van der Waals surface area contributed by atoms with Crippen LogP contribution in [0.1, 0.15) is 11.1 Å². The first-order chi connectivity index (χ1) is 12.8. The van der Waals surface area contributed by atoms with E-state index < -0.39 is 17.6 Å². The predicted molar refractivity (Wildman–Crippen MR) is 108 cm³/mol. The summed E-state index contributed by atoms with van der Waals surface area (Å²) < 4.78 is 52.1. The summed E-state index contributed by atoms with van der Waals surface area (Å²) in [7, 11) is 1.41. The van der Waals surface area contributed by atoms with E-state index >= 15 is 0 Å². The fourth-order valence-corrected chi connectivity index (χ4v) is 2.17. The molecule has 1 heterocycles. The van der Waals surface area contributed by atoms with Crippen LogP contribution in [0.3, 0.4) is 0 Å². The zero-order chi connectivity index (χ0) is 19.9. The third-order valence-electron chi connectivity index (χ3n) is 3.41. The van der Waals surface area contributed by atoms with Crippen molar-refractivity contribution in [2.45, 2.75) is 12.7 Å². The molecule has 2 aromatic rings. The number of nitrogens with zero attached hydrogens (tertiary/aromatic N) is 2. The van der Waals surface area contributed by atoms with Crippen molar-refractivity contribution in [1.29, 1.82) is 0 Å². The fraction of sp³-hybridized carbons (Fsp3) is 0.235. The number of carbonyl (C=O) groups excluding carboxylic acids is 1. The van der Waals surface area contributed by atoms with Crippen molar-refractivity contribution in [1.82, 2.24) is 15.6 Å². The number of anilines is 1. The summed E-state index contributed by atoms with van der Waals surface area (Å²) in [5.41, 5.74) is -0.709. The molecule has 11 heteroatoms. The van der Waals surface area contributed by atoms with E-state index in [-0.39, 0.29) is 54.5 Å². The standard InChI is InChI=1S/C17H17F4N5O.HI/c1-22-16(25-10-15(27)26-13-3-2-6-23-9-13)24-8-11-4-5-12(18)7-14(11)17(19,20)21;/h2-7,9H,8,10H2,1H3,(H,26,27)(H2,22,24,25);1H. The van der Waals surface area contributed by atoms with Gasteiger partial charge in [0.15, 0.2) is 5.96 Å². The minimum absolute atomic E-state index is 0. The Labute approximate surface area is 175 Å². The Hall–Kier alpha value is -2.44. The van der Waals surface area contributed by atoms with Crippen molar-refractivity contribution in [3.8, 4) is 0 Å². The van der Waals surface area contributed by atoms with Crippen LogP contribution >= 0.6 is 24.0 Å². The third-order valence-corrected chi connectivity index (χ3v) is 3.41. The molecule has 1 aromatic heterocycles. The van der Waals surface area contributed by atoms with Crippen LogP contribution in [0.4, 0.5) is 23.2 Å². The Morgan fingerprint density at radius 2 is 1.96 bits per heavy atom. The van der Waals surface area contributed by atoms with Gasteiger partial charge in [0.05, 0.1) is 24.0 Å². The van der Waals surface area contributed by atoms with E-state index in [9.17, 15) is 22.4 Å². The molecule has 0 bridgehead atoms. The second-order valence-corrected chi connectivity index (χ2v) is 5.37. The molecule has 0 saturated carbocycles. The SMILES string of the molecule is CN=C(NCC(=O)Nc1cccnc1)NCc1ccc(F)cc1C(F)(F)F.I. The molecular formula is C17H18F4IN5O. The van der Waals surface area contributed by atoms with E-state index in [0.717, 1.165) is 12.1 Å². The number of carbonyl (C=O) groups is 1. The van der Waals surface area contributed by atoms with E-state index in [1.54, 1.807) is 18.3 Å². The first kappa shape index (κ1) is 23.6. The molecule has 0 atom stereocenters. The summed E-state index contributed by atoms with van der Waals surface area (Å²) in [5.74, 6) is -1.24. The predicted octanol–water partition coefficient (Wildman–Crippen LogP) is 3.16. The zero-order valence-electron chi connectivity index (χ0n) is 14.7. The highest BCUT2D eigenvalue weighted by molar-refractivity contribution is 14.0. The lowest BCUT2D eigenvalue weighted by atomic mass is 10.1. The van der Waals surface area contributed by atoms with Crippen LogP contribution < -0.4 is 16.0 Å². The maximum Gasteiger partial charge on any atom is 0.416 e. The molecule has 0 unspecified atom stereocenters. The Bertz CT molecular complexity index is 815. The van der Waals surface area contributed by atoms with Gasteiger partial charge < -0.3 is 16.0 Å². The van der Waals surface area contributed by atoms with Gasteiger partial charge in [-0.25, -0.2) is 4.39 Å². The van der Waals surface area contributed by atoms with Gasteiger partial charge in [0, 0.05) is 19.8 Å². The van der Waals surface area contributed by atoms with Gasteiger partial charge in [0.2, 0.25) is 5.91 Å². The van der Waals surface area contributed by atoms with Crippen LogP contribution in [0.15, 0.2) is 47.7 Å². The highest BCUT2D eigenvalue weighted by atomic mass is 127. The number of benzene rings is 1. The number of aromatic nitrogens is 1. The lowest BCUT2D eigenvalue weighted by Crippen LogP contribution is -2.41. The number of pyridine rings is 1. The van der Waals surface area contributed by atoms with E-state index in [0.29, 0.717) is 11.8 Å². The number of halogens is 5. The van der Waals surface area contributed by atoms with Gasteiger partial charge in [-0.3, -0.25) is 14.8 Å². The highest BCUT2D eigenvalue weighted by Crippen LogP contribution is 2.32. The largest absolute Gasteiger partial charge is 0.416 e. The average molecular weight is 511 g/mol. The molecule has 1 amide bonds. The molecule has 6 nitrogen and oxygen atoms in total. The van der Waals surface area contributed by atoms with Crippen LogP contribution in [0.25, 0.3) is 0 Å². The number of nitrogens with one attached hydrogen (secondary N) is 3. The quantitative estimate of drug-likeness (QED) is 0.250. The summed E-state index contributed by atoms with van der Waals surface area (Å²) >= 11 is 0. The number of guanidine groups is 1. The van der Waals surface area contributed by atoms with Crippen LogP contribution in [0.5, 0.6) is 0 Å². The minimum atomic E-state index is -4.68. The first-order valence-corrected chi connectivity index (χ1v) is 7.79. The highest BCUT2D eigenvalue weighted by Gasteiger charge is 2.33. The first-order valence-electron chi connectivity index (χ1n) is 7.79. The topological polar surface area (TPSA) is 78.4 Å². The van der Waals surface area contributed by atoms with E-state index in [4.69, 9.17) is 0 Å². The van der Waals surface area contributed by atoms with E-state index in [1.165, 1.54) is 13.2 Å². The lowest BCUT2D eigenvalue weighted by molar-refractivity contribution is -0.138. The van der Waals surface area contributed by atoms with Gasteiger partial charge in [-0.15, -0.1) is 24.0 Å². The normalized spacial score (nSPS) is 11.4. The molecule has 3 N–H and O–H groups in total. The van der Waals surface area contributed by atoms with Crippen LogP contribution in [0, 0.1) is 5.82 Å². The number of aliphatic imine (C=N–C) groups is 1. The Balaban J connectivity index is 0.00000392. The van der Waals surface area contributed by atoms with Crippen molar-refractivity contribution < 1.29 is 22.4 Å². The third kappa shape index (κ3) is 7.29. The molecule has 1 aromatic carbocycles. The molecule has 0 aliphatic rings. The number of hydrogen-bond acceptors (Lipinski definition) is 3. The maximum absolute atomic E-state index is 13.1. The summed E-state index contributed by atoms with van der Waals surface area (Å²) in [5, 5.41) is 7.93. The molecule has 0 spiro atoms. The molecule has 152 valence electrons. The van der Waals surface area contributed by atoms with Gasteiger partial charge in [-0.1, -0.05) is 6.07 Å². The number of alkyl halides is 3. The van der Waals surface area contributed by atoms with Gasteiger partial charge in [0.25, 0.3) is 0 Å². The Morgan fingerprint density at radius 3 is 2.57 bits per heavy atom. The van der Waals surface area contributed by atoms with Crippen molar-refractivity contribution >= 4 is 41.5 Å². The molecule has 0 aliphatic carbocycles. The number of amides is 1. The smallest absolute Gasteiger partial charge is 0.352 e. The summed E-state index contributed by atoms with van der Waals surface area (Å²) in [6.45, 7) is -0.414. The molecule has 0 fully saturated rings. The molecule has 0 saturated heterocycles. The van der Waals surface area contributed by atoms with Crippen molar-refractivity contribution in [3.05, 3.63) is 59.7 Å². The molecular weight excluding hydrogens is 493 g/mol. The van der Waals surface area contributed by atoms with Gasteiger partial charge in [-0.05, 0) is 29.8 Å². The minimum Gasteiger partial charge on any atom is -0.352 e. The second-order valence-electron chi connectivity index (χ2n) is 5.37. The summed E-state index contributed by atoms with van der Waals surface area (Å²) in [6, 6.07) is 5.75. The average Bonchev–Trinajstić information content (AvgIpc) is 2.62. The molecule has 2 rings (SSSR count). The molecule has 0 radical (unpaired) electrons. The van der Waals surface area contributed by atoms with E-state index in [1.807, 2.05) is 0 Å². The fourth-order valence-electron chi connectivity index (χ4n) is 2.17. The monoisotopic (exact) mass is 511 g/mol. The van der Waals surface area contributed by atoms with Crippen LogP contribution in [-0.2, 0) is 17.5 Å². The summed E-state index contributed by atoms with van der Waals surface area (Å²) in [4.78, 5) is 19.6. The van der Waals surface area contributed by atoms with Crippen molar-refractivity contribution in [2.75, 3.05) is 18.9 Å². The van der Waals surface area contributed by atoms with Gasteiger partial charge >= 0.3 is 6.18 Å². The molecule has 0 aliphatic heterocycles. The maximum atomic E-state index is 13.1. The second kappa shape index (κ2) is 10.8. The van der Waals surface area contributed by atoms with E-state index in [2.05, 4.69) is 25.9 Å². The Kier molecular flexibility index (Phi) is 9.09. The van der Waals surface area contributed by atoms with Gasteiger partial charge in [-0.2, -0.15) is 13.2 Å². The number of rotatable bonds is 5.